The van der Waals surface area contributed by atoms with Crippen LogP contribution in [0.15, 0.2) is 36.4 Å². The summed E-state index contributed by atoms with van der Waals surface area (Å²) in [7, 11) is 1.53. The maximum Gasteiger partial charge on any atom is 0.319 e. The summed E-state index contributed by atoms with van der Waals surface area (Å²) in [4.78, 5) is 24.2. The summed E-state index contributed by atoms with van der Waals surface area (Å²) in [5.74, 6) is 0.951. The van der Waals surface area contributed by atoms with Crippen LogP contribution in [0.2, 0.25) is 0 Å². The lowest BCUT2D eigenvalue weighted by atomic mass is 10.1. The number of amides is 3. The summed E-state index contributed by atoms with van der Waals surface area (Å²) in [6.45, 7) is 5.55. The van der Waals surface area contributed by atoms with Crippen molar-refractivity contribution in [2.45, 2.75) is 33.2 Å². The standard InChI is InChI=1S/C22H29N3O5/c1-5-21(27)24-17-7-6-8-18(14(17)2)25-22(28)23-15(3)16-9-10-19(30-12-11-26)20(13-16)29-4/h6-10,13,15,26H,5,11-12H2,1-4H3,(H,24,27)(H2,23,25,28). The van der Waals surface area contributed by atoms with E-state index in [-0.39, 0.29) is 31.2 Å². The van der Waals surface area contributed by atoms with Crippen molar-refractivity contribution in [3.8, 4) is 11.5 Å². The molecule has 0 aliphatic carbocycles. The Hall–Kier alpha value is -3.26. The highest BCUT2D eigenvalue weighted by molar-refractivity contribution is 5.95. The number of benzene rings is 2. The number of hydrogen-bond donors (Lipinski definition) is 4. The average Bonchev–Trinajstić information content (AvgIpc) is 2.74. The van der Waals surface area contributed by atoms with E-state index in [4.69, 9.17) is 14.6 Å². The third kappa shape index (κ3) is 6.12. The van der Waals surface area contributed by atoms with Crippen LogP contribution in [0.25, 0.3) is 0 Å². The molecule has 2 aromatic carbocycles. The molecule has 1 unspecified atom stereocenters. The van der Waals surface area contributed by atoms with E-state index >= 15 is 0 Å². The molecule has 0 aromatic heterocycles. The smallest absolute Gasteiger partial charge is 0.319 e. The van der Waals surface area contributed by atoms with Gasteiger partial charge in [0, 0.05) is 17.8 Å². The molecule has 0 saturated carbocycles. The highest BCUT2D eigenvalue weighted by Crippen LogP contribution is 2.30. The Balaban J connectivity index is 2.06. The molecule has 3 amide bonds. The monoisotopic (exact) mass is 415 g/mol. The number of carbonyl (C=O) groups is 2. The number of hydrogen-bond acceptors (Lipinski definition) is 5. The Morgan fingerprint density at radius 1 is 1.10 bits per heavy atom. The molecular formula is C22H29N3O5. The summed E-state index contributed by atoms with van der Waals surface area (Å²) < 4.78 is 10.8. The fourth-order valence-corrected chi connectivity index (χ4v) is 2.81. The molecule has 0 fully saturated rings. The Labute approximate surface area is 176 Å². The zero-order chi connectivity index (χ0) is 22.1. The molecule has 4 N–H and O–H groups in total. The van der Waals surface area contributed by atoms with Gasteiger partial charge in [-0.25, -0.2) is 4.79 Å². The van der Waals surface area contributed by atoms with Crippen molar-refractivity contribution in [1.29, 1.82) is 0 Å². The van der Waals surface area contributed by atoms with Crippen LogP contribution in [0, 0.1) is 6.92 Å². The van der Waals surface area contributed by atoms with Crippen LogP contribution in [-0.4, -0.2) is 37.4 Å². The number of ether oxygens (including phenoxy) is 2. The van der Waals surface area contributed by atoms with Gasteiger partial charge in [0.1, 0.15) is 6.61 Å². The minimum atomic E-state index is -0.371. The molecule has 8 heteroatoms. The normalized spacial score (nSPS) is 11.4. The van der Waals surface area contributed by atoms with Gasteiger partial charge in [0.05, 0.1) is 19.8 Å². The van der Waals surface area contributed by atoms with Gasteiger partial charge in [-0.1, -0.05) is 19.1 Å². The molecule has 2 rings (SSSR count). The van der Waals surface area contributed by atoms with Crippen molar-refractivity contribution in [1.82, 2.24) is 5.32 Å². The molecule has 0 bridgehead atoms. The van der Waals surface area contributed by atoms with E-state index in [0.29, 0.717) is 29.3 Å². The summed E-state index contributed by atoms with van der Waals surface area (Å²) in [5, 5.41) is 17.4. The second-order valence-electron chi connectivity index (χ2n) is 6.68. The summed E-state index contributed by atoms with van der Waals surface area (Å²) in [6, 6.07) is 10.0. The van der Waals surface area contributed by atoms with Gasteiger partial charge in [-0.3, -0.25) is 4.79 Å². The van der Waals surface area contributed by atoms with Crippen LogP contribution in [0.5, 0.6) is 11.5 Å². The minimum Gasteiger partial charge on any atom is -0.493 e. The summed E-state index contributed by atoms with van der Waals surface area (Å²) in [5.41, 5.74) is 2.88. The summed E-state index contributed by atoms with van der Waals surface area (Å²) in [6.07, 6.45) is 0.377. The zero-order valence-corrected chi connectivity index (χ0v) is 17.7. The molecule has 1 atom stereocenters. The third-order valence-corrected chi connectivity index (χ3v) is 4.56. The highest BCUT2D eigenvalue weighted by atomic mass is 16.5. The quantitative estimate of drug-likeness (QED) is 0.500. The molecule has 162 valence electrons. The minimum absolute atomic E-state index is 0.0892. The van der Waals surface area contributed by atoms with Crippen LogP contribution in [0.1, 0.15) is 37.4 Å². The van der Waals surface area contributed by atoms with Gasteiger partial charge < -0.3 is 30.5 Å². The van der Waals surface area contributed by atoms with E-state index in [1.165, 1.54) is 7.11 Å². The van der Waals surface area contributed by atoms with Crippen molar-refractivity contribution < 1.29 is 24.2 Å². The molecule has 0 radical (unpaired) electrons. The lowest BCUT2D eigenvalue weighted by molar-refractivity contribution is -0.115. The number of urea groups is 1. The Morgan fingerprint density at radius 2 is 1.80 bits per heavy atom. The number of carbonyl (C=O) groups excluding carboxylic acids is 2. The Kier molecular flexibility index (Phi) is 8.49. The van der Waals surface area contributed by atoms with Gasteiger partial charge in [-0.05, 0) is 49.2 Å². The van der Waals surface area contributed by atoms with Crippen molar-refractivity contribution in [3.63, 3.8) is 0 Å². The number of aliphatic hydroxyl groups excluding tert-OH is 1. The lowest BCUT2D eigenvalue weighted by Gasteiger charge is -2.18. The van der Waals surface area contributed by atoms with Crippen molar-refractivity contribution in [2.75, 3.05) is 31.0 Å². The van der Waals surface area contributed by atoms with Crippen molar-refractivity contribution in [3.05, 3.63) is 47.5 Å². The second kappa shape index (κ2) is 11.1. The van der Waals surface area contributed by atoms with E-state index in [0.717, 1.165) is 11.1 Å². The van der Waals surface area contributed by atoms with E-state index in [9.17, 15) is 9.59 Å². The molecule has 0 aliphatic heterocycles. The first-order valence-corrected chi connectivity index (χ1v) is 9.78. The second-order valence-corrected chi connectivity index (χ2v) is 6.68. The van der Waals surface area contributed by atoms with Gasteiger partial charge in [0.25, 0.3) is 0 Å². The first-order valence-electron chi connectivity index (χ1n) is 9.78. The van der Waals surface area contributed by atoms with Gasteiger partial charge in [-0.15, -0.1) is 0 Å². The SMILES string of the molecule is CCC(=O)Nc1cccc(NC(=O)NC(C)c2ccc(OCCO)c(OC)c2)c1C. The molecule has 8 nitrogen and oxygen atoms in total. The highest BCUT2D eigenvalue weighted by Gasteiger charge is 2.14. The van der Waals surface area contributed by atoms with Crippen molar-refractivity contribution >= 4 is 23.3 Å². The van der Waals surface area contributed by atoms with Crippen LogP contribution in [-0.2, 0) is 4.79 Å². The van der Waals surface area contributed by atoms with Gasteiger partial charge in [0.2, 0.25) is 5.91 Å². The number of rotatable bonds is 9. The van der Waals surface area contributed by atoms with E-state index in [2.05, 4.69) is 16.0 Å². The molecular weight excluding hydrogens is 386 g/mol. The third-order valence-electron chi connectivity index (χ3n) is 4.56. The van der Waals surface area contributed by atoms with E-state index < -0.39 is 0 Å². The lowest BCUT2D eigenvalue weighted by Crippen LogP contribution is -2.31. The summed E-state index contributed by atoms with van der Waals surface area (Å²) >= 11 is 0. The topological polar surface area (TPSA) is 109 Å². The van der Waals surface area contributed by atoms with Gasteiger partial charge in [0.15, 0.2) is 11.5 Å². The van der Waals surface area contributed by atoms with E-state index in [1.807, 2.05) is 19.9 Å². The fourth-order valence-electron chi connectivity index (χ4n) is 2.81. The number of nitrogens with one attached hydrogen (secondary N) is 3. The maximum atomic E-state index is 12.5. The Bertz CT molecular complexity index is 885. The maximum absolute atomic E-state index is 12.5. The largest absolute Gasteiger partial charge is 0.493 e. The van der Waals surface area contributed by atoms with Crippen LogP contribution in [0.3, 0.4) is 0 Å². The van der Waals surface area contributed by atoms with E-state index in [1.54, 1.807) is 37.3 Å². The average molecular weight is 415 g/mol. The Morgan fingerprint density at radius 3 is 2.43 bits per heavy atom. The first-order chi connectivity index (χ1) is 14.4. The van der Waals surface area contributed by atoms with Crippen LogP contribution < -0.4 is 25.4 Å². The molecule has 0 heterocycles. The molecule has 2 aromatic rings. The van der Waals surface area contributed by atoms with Crippen LogP contribution in [0.4, 0.5) is 16.2 Å². The molecule has 0 saturated heterocycles. The fraction of sp³-hybridized carbons (Fsp3) is 0.364. The first kappa shape index (κ1) is 23.0. The predicted octanol–water partition coefficient (Wildman–Crippen LogP) is 3.61. The predicted molar refractivity (Wildman–Crippen MR) is 116 cm³/mol. The van der Waals surface area contributed by atoms with Crippen molar-refractivity contribution in [2.24, 2.45) is 0 Å². The van der Waals surface area contributed by atoms with Gasteiger partial charge in [-0.2, -0.15) is 0 Å². The number of methoxy groups -OCH3 is 1. The number of aliphatic hydroxyl groups is 1. The zero-order valence-electron chi connectivity index (χ0n) is 17.7. The van der Waals surface area contributed by atoms with Gasteiger partial charge >= 0.3 is 6.03 Å². The number of anilines is 2. The van der Waals surface area contributed by atoms with Crippen LogP contribution >= 0.6 is 0 Å². The molecule has 0 aliphatic rings. The molecule has 30 heavy (non-hydrogen) atoms. The molecule has 0 spiro atoms.